The number of piperidine rings is 1. The van der Waals surface area contributed by atoms with Crippen molar-refractivity contribution in [3.8, 4) is 0 Å². The SMILES string of the molecule is Cl.O=C(CCC1CCNCC1)Nc1ccccc1C(=O)NC1CC1. The minimum atomic E-state index is -0.0956. The third kappa shape index (κ3) is 5.49. The molecule has 1 aromatic carbocycles. The number of nitrogens with one attached hydrogen (secondary N) is 3. The van der Waals surface area contributed by atoms with Crippen molar-refractivity contribution in [2.24, 2.45) is 5.92 Å². The van der Waals surface area contributed by atoms with Gasteiger partial charge in [0.15, 0.2) is 0 Å². The summed E-state index contributed by atoms with van der Waals surface area (Å²) in [6.45, 7) is 2.10. The van der Waals surface area contributed by atoms with Gasteiger partial charge in [0.1, 0.15) is 0 Å². The van der Waals surface area contributed by atoms with E-state index in [1.54, 1.807) is 12.1 Å². The second-order valence-corrected chi connectivity index (χ2v) is 6.57. The summed E-state index contributed by atoms with van der Waals surface area (Å²) < 4.78 is 0. The molecule has 2 fully saturated rings. The maximum atomic E-state index is 12.2. The van der Waals surface area contributed by atoms with Gasteiger partial charge in [0.2, 0.25) is 5.91 Å². The van der Waals surface area contributed by atoms with Gasteiger partial charge in [-0.05, 0) is 63.2 Å². The number of anilines is 1. The summed E-state index contributed by atoms with van der Waals surface area (Å²) in [6.07, 6.45) is 5.83. The van der Waals surface area contributed by atoms with Crippen LogP contribution in [0.2, 0.25) is 0 Å². The molecule has 0 aromatic heterocycles. The van der Waals surface area contributed by atoms with Crippen molar-refractivity contribution >= 4 is 29.9 Å². The molecule has 1 aliphatic heterocycles. The molecule has 0 bridgehead atoms. The Morgan fingerprint density at radius 3 is 2.50 bits per heavy atom. The van der Waals surface area contributed by atoms with Crippen molar-refractivity contribution in [2.75, 3.05) is 18.4 Å². The van der Waals surface area contributed by atoms with Gasteiger partial charge in [0.25, 0.3) is 5.91 Å². The largest absolute Gasteiger partial charge is 0.349 e. The van der Waals surface area contributed by atoms with Crippen LogP contribution in [-0.2, 0) is 4.79 Å². The Morgan fingerprint density at radius 2 is 1.79 bits per heavy atom. The van der Waals surface area contributed by atoms with Gasteiger partial charge in [-0.2, -0.15) is 0 Å². The van der Waals surface area contributed by atoms with E-state index in [2.05, 4.69) is 16.0 Å². The molecule has 2 amide bonds. The number of carbonyl (C=O) groups excluding carboxylic acids is 2. The van der Waals surface area contributed by atoms with Crippen LogP contribution < -0.4 is 16.0 Å². The van der Waals surface area contributed by atoms with E-state index in [1.165, 1.54) is 0 Å². The van der Waals surface area contributed by atoms with Crippen molar-refractivity contribution in [2.45, 2.75) is 44.6 Å². The van der Waals surface area contributed by atoms with Crippen LogP contribution in [0.4, 0.5) is 5.69 Å². The molecule has 6 heteroatoms. The van der Waals surface area contributed by atoms with Gasteiger partial charge in [-0.25, -0.2) is 0 Å². The zero-order chi connectivity index (χ0) is 16.1. The van der Waals surface area contributed by atoms with Crippen molar-refractivity contribution < 1.29 is 9.59 Å². The van der Waals surface area contributed by atoms with E-state index in [0.29, 0.717) is 29.6 Å². The molecule has 0 atom stereocenters. The second kappa shape index (κ2) is 9.04. The lowest BCUT2D eigenvalue weighted by Gasteiger charge is -2.22. The molecule has 1 aliphatic carbocycles. The van der Waals surface area contributed by atoms with E-state index in [9.17, 15) is 9.59 Å². The fraction of sp³-hybridized carbons (Fsp3) is 0.556. The minimum absolute atomic E-state index is 0. The summed E-state index contributed by atoms with van der Waals surface area (Å²) in [5.74, 6) is 0.535. The van der Waals surface area contributed by atoms with Gasteiger partial charge in [0, 0.05) is 12.5 Å². The second-order valence-electron chi connectivity index (χ2n) is 6.57. The first-order valence-electron chi connectivity index (χ1n) is 8.63. The highest BCUT2D eigenvalue weighted by atomic mass is 35.5. The van der Waals surface area contributed by atoms with Gasteiger partial charge in [-0.1, -0.05) is 12.1 Å². The van der Waals surface area contributed by atoms with Crippen LogP contribution >= 0.6 is 12.4 Å². The normalized spacial score (nSPS) is 17.7. The Morgan fingerprint density at radius 1 is 1.08 bits per heavy atom. The monoisotopic (exact) mass is 351 g/mol. The molecule has 132 valence electrons. The summed E-state index contributed by atoms with van der Waals surface area (Å²) in [4.78, 5) is 24.4. The summed E-state index contributed by atoms with van der Waals surface area (Å²) in [5, 5.41) is 9.22. The highest BCUT2D eigenvalue weighted by Gasteiger charge is 2.25. The first-order chi connectivity index (χ1) is 11.2. The van der Waals surface area contributed by atoms with Crippen LogP contribution in [0.15, 0.2) is 24.3 Å². The van der Waals surface area contributed by atoms with Crippen LogP contribution in [0.1, 0.15) is 48.9 Å². The van der Waals surface area contributed by atoms with Crippen molar-refractivity contribution in [3.63, 3.8) is 0 Å². The summed E-state index contributed by atoms with van der Waals surface area (Å²) >= 11 is 0. The highest BCUT2D eigenvalue weighted by molar-refractivity contribution is 6.03. The Labute approximate surface area is 149 Å². The summed E-state index contributed by atoms with van der Waals surface area (Å²) in [5.41, 5.74) is 1.16. The Hall–Kier alpha value is -1.59. The topological polar surface area (TPSA) is 70.2 Å². The van der Waals surface area contributed by atoms with E-state index >= 15 is 0 Å². The van der Waals surface area contributed by atoms with Gasteiger partial charge >= 0.3 is 0 Å². The van der Waals surface area contributed by atoms with E-state index < -0.39 is 0 Å². The molecular weight excluding hydrogens is 326 g/mol. The molecule has 1 aromatic rings. The number of amides is 2. The number of carbonyl (C=O) groups is 2. The Balaban J connectivity index is 0.00000208. The molecule has 1 saturated carbocycles. The molecule has 3 rings (SSSR count). The maximum Gasteiger partial charge on any atom is 0.253 e. The first-order valence-corrected chi connectivity index (χ1v) is 8.63. The lowest BCUT2D eigenvalue weighted by Crippen LogP contribution is -2.28. The van der Waals surface area contributed by atoms with Crippen LogP contribution in [0.3, 0.4) is 0 Å². The van der Waals surface area contributed by atoms with Crippen molar-refractivity contribution in [1.29, 1.82) is 0 Å². The number of para-hydroxylation sites is 1. The molecule has 0 radical (unpaired) electrons. The molecule has 24 heavy (non-hydrogen) atoms. The van der Waals surface area contributed by atoms with Crippen LogP contribution in [0.25, 0.3) is 0 Å². The fourth-order valence-corrected chi connectivity index (χ4v) is 3.00. The fourth-order valence-electron chi connectivity index (χ4n) is 3.00. The smallest absolute Gasteiger partial charge is 0.253 e. The zero-order valence-electron chi connectivity index (χ0n) is 13.8. The number of rotatable bonds is 6. The zero-order valence-corrected chi connectivity index (χ0v) is 14.7. The standard InChI is InChI=1S/C18H25N3O2.ClH/c22-17(8-5-13-9-11-19-12-10-13)21-16-4-2-1-3-15(16)18(23)20-14-6-7-14;/h1-4,13-14,19H,5-12H2,(H,20,23)(H,21,22);1H. The van der Waals surface area contributed by atoms with Crippen LogP contribution in [0, 0.1) is 5.92 Å². The van der Waals surface area contributed by atoms with Crippen molar-refractivity contribution in [1.82, 2.24) is 10.6 Å². The molecule has 5 nitrogen and oxygen atoms in total. The van der Waals surface area contributed by atoms with E-state index in [-0.39, 0.29) is 24.2 Å². The average Bonchev–Trinajstić information content (AvgIpc) is 3.38. The van der Waals surface area contributed by atoms with Gasteiger partial charge in [0.05, 0.1) is 11.3 Å². The Bertz CT molecular complexity index is 569. The predicted octanol–water partition coefficient (Wildman–Crippen LogP) is 2.72. The summed E-state index contributed by atoms with van der Waals surface area (Å²) in [7, 11) is 0. The summed E-state index contributed by atoms with van der Waals surface area (Å²) in [6, 6.07) is 7.54. The predicted molar refractivity (Wildman–Crippen MR) is 97.6 cm³/mol. The first kappa shape index (κ1) is 18.7. The Kier molecular flexibility index (Phi) is 7.06. The molecular formula is C18H26ClN3O2. The number of halogens is 1. The maximum absolute atomic E-state index is 12.2. The number of hydrogen-bond acceptors (Lipinski definition) is 3. The third-order valence-corrected chi connectivity index (χ3v) is 4.60. The molecule has 2 aliphatic rings. The van der Waals surface area contributed by atoms with Crippen molar-refractivity contribution in [3.05, 3.63) is 29.8 Å². The highest BCUT2D eigenvalue weighted by Crippen LogP contribution is 2.22. The van der Waals surface area contributed by atoms with Crippen LogP contribution in [0.5, 0.6) is 0 Å². The number of hydrogen-bond donors (Lipinski definition) is 3. The van der Waals surface area contributed by atoms with Gasteiger partial charge in [-0.3, -0.25) is 9.59 Å². The van der Waals surface area contributed by atoms with E-state index in [1.807, 2.05) is 12.1 Å². The van der Waals surface area contributed by atoms with E-state index in [0.717, 1.165) is 45.2 Å². The molecule has 3 N–H and O–H groups in total. The van der Waals surface area contributed by atoms with Gasteiger partial charge in [-0.15, -0.1) is 12.4 Å². The minimum Gasteiger partial charge on any atom is -0.349 e. The lowest BCUT2D eigenvalue weighted by atomic mass is 9.93. The van der Waals surface area contributed by atoms with E-state index in [4.69, 9.17) is 0 Å². The quantitative estimate of drug-likeness (QED) is 0.738. The molecule has 1 saturated heterocycles. The van der Waals surface area contributed by atoms with Crippen LogP contribution in [-0.4, -0.2) is 30.9 Å². The molecule has 0 spiro atoms. The van der Waals surface area contributed by atoms with Gasteiger partial charge < -0.3 is 16.0 Å². The number of benzene rings is 1. The molecule has 1 heterocycles. The average molecular weight is 352 g/mol. The molecule has 0 unspecified atom stereocenters. The lowest BCUT2D eigenvalue weighted by molar-refractivity contribution is -0.116. The third-order valence-electron chi connectivity index (χ3n) is 4.60.